The van der Waals surface area contributed by atoms with E-state index in [9.17, 15) is 0 Å². The molecule has 1 heterocycles. The summed E-state index contributed by atoms with van der Waals surface area (Å²) in [7, 11) is 0. The van der Waals surface area contributed by atoms with Gasteiger partial charge in [0.1, 0.15) is 0 Å². The lowest BCUT2D eigenvalue weighted by Crippen LogP contribution is -2.50. The van der Waals surface area contributed by atoms with E-state index in [4.69, 9.17) is 11.6 Å². The summed E-state index contributed by atoms with van der Waals surface area (Å²) < 4.78 is 0. The molecule has 2 fully saturated rings. The molecule has 0 bridgehead atoms. The highest BCUT2D eigenvalue weighted by Gasteiger charge is 2.25. The minimum absolute atomic E-state index is 0.847. The molecule has 0 unspecified atom stereocenters. The van der Waals surface area contributed by atoms with Crippen LogP contribution in [-0.2, 0) is 0 Å². The number of hydrogen-bond acceptors (Lipinski definition) is 2. The van der Waals surface area contributed by atoms with E-state index in [-0.39, 0.29) is 0 Å². The van der Waals surface area contributed by atoms with Crippen LogP contribution in [-0.4, -0.2) is 37.1 Å². The van der Waals surface area contributed by atoms with Gasteiger partial charge in [0.05, 0.1) is 10.7 Å². The highest BCUT2D eigenvalue weighted by atomic mass is 35.5. The molecule has 0 spiro atoms. The Morgan fingerprint density at radius 1 is 1.00 bits per heavy atom. The van der Waals surface area contributed by atoms with Gasteiger partial charge in [-0.1, -0.05) is 36.9 Å². The molecule has 1 aromatic carbocycles. The molecule has 110 valence electrons. The van der Waals surface area contributed by atoms with E-state index in [0.29, 0.717) is 0 Å². The second-order valence-electron chi connectivity index (χ2n) is 6.27. The first-order chi connectivity index (χ1) is 9.74. The van der Waals surface area contributed by atoms with Gasteiger partial charge >= 0.3 is 0 Å². The van der Waals surface area contributed by atoms with Crippen LogP contribution in [0.3, 0.4) is 0 Å². The zero-order valence-electron chi connectivity index (χ0n) is 12.4. The monoisotopic (exact) mass is 292 g/mol. The standard InChI is InChI=1S/C17H25ClN2/c1-14-7-8-17(16(18)13-14)20-11-9-19(10-12-20)15-5-3-2-4-6-15/h7-8,13,15H,2-6,9-12H2,1H3. The third-order valence-electron chi connectivity index (χ3n) is 4.85. The Bertz CT molecular complexity index is 446. The Morgan fingerprint density at radius 2 is 1.70 bits per heavy atom. The average Bonchev–Trinajstić information content (AvgIpc) is 2.48. The average molecular weight is 293 g/mol. The molecule has 1 saturated heterocycles. The minimum Gasteiger partial charge on any atom is -0.368 e. The molecule has 20 heavy (non-hydrogen) atoms. The smallest absolute Gasteiger partial charge is 0.0642 e. The molecule has 3 heteroatoms. The van der Waals surface area contributed by atoms with Gasteiger partial charge in [0.15, 0.2) is 0 Å². The molecule has 3 rings (SSSR count). The summed E-state index contributed by atoms with van der Waals surface area (Å²) in [5.74, 6) is 0. The molecule has 0 N–H and O–H groups in total. The van der Waals surface area contributed by atoms with Crippen molar-refractivity contribution in [1.29, 1.82) is 0 Å². The predicted molar refractivity (Wildman–Crippen MR) is 86.8 cm³/mol. The van der Waals surface area contributed by atoms with Crippen molar-refractivity contribution in [2.75, 3.05) is 31.1 Å². The van der Waals surface area contributed by atoms with Crippen LogP contribution in [0.15, 0.2) is 18.2 Å². The maximum atomic E-state index is 6.39. The fourth-order valence-electron chi connectivity index (χ4n) is 3.64. The van der Waals surface area contributed by atoms with Gasteiger partial charge in [0, 0.05) is 32.2 Å². The molecule has 1 aliphatic carbocycles. The van der Waals surface area contributed by atoms with Crippen molar-refractivity contribution >= 4 is 17.3 Å². The number of rotatable bonds is 2. The van der Waals surface area contributed by atoms with Crippen molar-refractivity contribution in [1.82, 2.24) is 4.90 Å². The largest absolute Gasteiger partial charge is 0.368 e. The second-order valence-corrected chi connectivity index (χ2v) is 6.68. The molecular weight excluding hydrogens is 268 g/mol. The first-order valence-electron chi connectivity index (χ1n) is 7.99. The van der Waals surface area contributed by atoms with Gasteiger partial charge in [0.2, 0.25) is 0 Å². The Hall–Kier alpha value is -0.730. The third-order valence-corrected chi connectivity index (χ3v) is 5.15. The maximum absolute atomic E-state index is 6.39. The van der Waals surface area contributed by atoms with Crippen LogP contribution in [0, 0.1) is 6.92 Å². The quantitative estimate of drug-likeness (QED) is 0.809. The van der Waals surface area contributed by atoms with Crippen LogP contribution < -0.4 is 4.90 Å². The van der Waals surface area contributed by atoms with Crippen molar-refractivity contribution in [2.24, 2.45) is 0 Å². The SMILES string of the molecule is Cc1ccc(N2CCN(C3CCCCC3)CC2)c(Cl)c1. The number of nitrogens with zero attached hydrogens (tertiary/aromatic N) is 2. The Balaban J connectivity index is 1.60. The van der Waals surface area contributed by atoms with Gasteiger partial charge in [-0.15, -0.1) is 0 Å². The molecule has 2 aliphatic rings. The van der Waals surface area contributed by atoms with Crippen LogP contribution in [0.2, 0.25) is 5.02 Å². The van der Waals surface area contributed by atoms with E-state index in [1.165, 1.54) is 56.4 Å². The number of benzene rings is 1. The number of anilines is 1. The summed E-state index contributed by atoms with van der Waals surface area (Å²) in [6.07, 6.45) is 7.11. The predicted octanol–water partition coefficient (Wildman–Crippen LogP) is 4.10. The lowest BCUT2D eigenvalue weighted by atomic mass is 9.94. The summed E-state index contributed by atoms with van der Waals surface area (Å²) in [6, 6.07) is 7.26. The lowest BCUT2D eigenvalue weighted by Gasteiger charge is -2.41. The molecule has 2 nitrogen and oxygen atoms in total. The number of hydrogen-bond donors (Lipinski definition) is 0. The third kappa shape index (κ3) is 3.12. The zero-order chi connectivity index (χ0) is 13.9. The summed E-state index contributed by atoms with van der Waals surface area (Å²) >= 11 is 6.39. The first kappa shape index (κ1) is 14.2. The van der Waals surface area contributed by atoms with Gasteiger partial charge < -0.3 is 4.90 Å². The molecule has 0 atom stereocenters. The fraction of sp³-hybridized carbons (Fsp3) is 0.647. The summed E-state index contributed by atoms with van der Waals surface area (Å²) in [5, 5.41) is 0.899. The summed E-state index contributed by atoms with van der Waals surface area (Å²) in [4.78, 5) is 5.15. The topological polar surface area (TPSA) is 6.48 Å². The molecule has 1 aromatic rings. The minimum atomic E-state index is 0.847. The molecule has 0 radical (unpaired) electrons. The normalized spacial score (nSPS) is 22.2. The fourth-order valence-corrected chi connectivity index (χ4v) is 4.00. The van der Waals surface area contributed by atoms with E-state index in [2.05, 4.69) is 34.9 Å². The van der Waals surface area contributed by atoms with Crippen LogP contribution in [0.1, 0.15) is 37.7 Å². The van der Waals surface area contributed by atoms with Crippen LogP contribution in [0.4, 0.5) is 5.69 Å². The van der Waals surface area contributed by atoms with Gasteiger partial charge in [-0.2, -0.15) is 0 Å². The lowest BCUT2D eigenvalue weighted by molar-refractivity contribution is 0.148. The summed E-state index contributed by atoms with van der Waals surface area (Å²) in [5.41, 5.74) is 2.44. The molecule has 0 aromatic heterocycles. The Morgan fingerprint density at radius 3 is 2.35 bits per heavy atom. The second kappa shape index (κ2) is 6.36. The van der Waals surface area contributed by atoms with Crippen LogP contribution >= 0.6 is 11.6 Å². The highest BCUT2D eigenvalue weighted by Crippen LogP contribution is 2.29. The first-order valence-corrected chi connectivity index (χ1v) is 8.37. The van der Waals surface area contributed by atoms with Crippen molar-refractivity contribution in [2.45, 2.75) is 45.1 Å². The van der Waals surface area contributed by atoms with E-state index in [1.54, 1.807) is 0 Å². The number of piperazine rings is 1. The van der Waals surface area contributed by atoms with E-state index < -0.39 is 0 Å². The molecular formula is C17H25ClN2. The molecule has 1 saturated carbocycles. The van der Waals surface area contributed by atoms with Gasteiger partial charge in [-0.05, 0) is 37.5 Å². The van der Waals surface area contributed by atoms with Crippen molar-refractivity contribution < 1.29 is 0 Å². The van der Waals surface area contributed by atoms with Crippen molar-refractivity contribution in [3.8, 4) is 0 Å². The molecule has 1 aliphatic heterocycles. The zero-order valence-corrected chi connectivity index (χ0v) is 13.2. The Labute approximate surface area is 127 Å². The highest BCUT2D eigenvalue weighted by molar-refractivity contribution is 6.33. The van der Waals surface area contributed by atoms with Crippen molar-refractivity contribution in [3.05, 3.63) is 28.8 Å². The van der Waals surface area contributed by atoms with Crippen LogP contribution in [0.5, 0.6) is 0 Å². The molecule has 0 amide bonds. The van der Waals surface area contributed by atoms with Crippen LogP contribution in [0.25, 0.3) is 0 Å². The van der Waals surface area contributed by atoms with Gasteiger partial charge in [0.25, 0.3) is 0 Å². The van der Waals surface area contributed by atoms with Gasteiger partial charge in [-0.3, -0.25) is 4.90 Å². The maximum Gasteiger partial charge on any atom is 0.0642 e. The van der Waals surface area contributed by atoms with E-state index >= 15 is 0 Å². The number of aryl methyl sites for hydroxylation is 1. The summed E-state index contributed by atoms with van der Waals surface area (Å²) in [6.45, 7) is 6.69. The van der Waals surface area contributed by atoms with E-state index in [1.807, 2.05) is 0 Å². The Kier molecular flexibility index (Phi) is 4.52. The number of halogens is 1. The van der Waals surface area contributed by atoms with Gasteiger partial charge in [-0.25, -0.2) is 0 Å². The van der Waals surface area contributed by atoms with Crippen molar-refractivity contribution in [3.63, 3.8) is 0 Å². The van der Waals surface area contributed by atoms with E-state index in [0.717, 1.165) is 24.2 Å².